The fourth-order valence-corrected chi connectivity index (χ4v) is 3.40. The van der Waals surface area contributed by atoms with E-state index >= 15 is 0 Å². The molecule has 8 nitrogen and oxygen atoms in total. The number of carboxylic acids is 1. The molecule has 0 aliphatic carbocycles. The Morgan fingerprint density at radius 2 is 2.12 bits per heavy atom. The van der Waals surface area contributed by atoms with Crippen LogP contribution in [0.25, 0.3) is 5.78 Å². The lowest BCUT2D eigenvalue weighted by Gasteiger charge is -2.10. The average Bonchev–Trinajstić information content (AvgIpc) is 3.21. The first kappa shape index (κ1) is 17.0. The molecule has 130 valence electrons. The predicted octanol–water partition coefficient (Wildman–Crippen LogP) is 1.75. The molecule has 3 aromatic rings. The van der Waals surface area contributed by atoms with Gasteiger partial charge >= 0.3 is 5.97 Å². The summed E-state index contributed by atoms with van der Waals surface area (Å²) in [7, 11) is 0. The van der Waals surface area contributed by atoms with Gasteiger partial charge in [0.1, 0.15) is 11.2 Å². The first-order chi connectivity index (χ1) is 12.0. The molecule has 0 aliphatic heterocycles. The van der Waals surface area contributed by atoms with E-state index < -0.39 is 5.97 Å². The van der Waals surface area contributed by atoms with Crippen LogP contribution in [0.2, 0.25) is 0 Å². The van der Waals surface area contributed by atoms with E-state index in [9.17, 15) is 9.59 Å². The molecule has 0 radical (unpaired) electrons. The molecule has 1 amide bonds. The fraction of sp³-hybridized carbons (Fsp3) is 0.312. The molecule has 0 fully saturated rings. The molecule has 0 saturated carbocycles. The van der Waals surface area contributed by atoms with Crippen molar-refractivity contribution in [2.24, 2.45) is 0 Å². The number of rotatable bonds is 6. The zero-order valence-corrected chi connectivity index (χ0v) is 14.6. The summed E-state index contributed by atoms with van der Waals surface area (Å²) in [5, 5.41) is 15.9. The maximum absolute atomic E-state index is 12.1. The van der Waals surface area contributed by atoms with Crippen LogP contribution in [-0.2, 0) is 17.8 Å². The summed E-state index contributed by atoms with van der Waals surface area (Å²) in [6.45, 7) is 4.16. The Morgan fingerprint density at radius 3 is 2.84 bits per heavy atom. The Balaban J connectivity index is 1.59. The van der Waals surface area contributed by atoms with Crippen LogP contribution in [0.5, 0.6) is 0 Å². The smallest absolute Gasteiger partial charge is 0.345 e. The third-order valence-electron chi connectivity index (χ3n) is 3.92. The second-order valence-electron chi connectivity index (χ2n) is 5.58. The number of aromatic carboxylic acids is 1. The molecule has 3 heterocycles. The minimum atomic E-state index is -0.954. The molecule has 0 unspecified atom stereocenters. The van der Waals surface area contributed by atoms with Gasteiger partial charge in [-0.25, -0.2) is 14.3 Å². The van der Waals surface area contributed by atoms with Crippen molar-refractivity contribution in [3.8, 4) is 0 Å². The van der Waals surface area contributed by atoms with Gasteiger partial charge in [0, 0.05) is 22.7 Å². The quantitative estimate of drug-likeness (QED) is 0.694. The summed E-state index contributed by atoms with van der Waals surface area (Å²) >= 11 is 1.16. The highest BCUT2D eigenvalue weighted by Gasteiger charge is 2.13. The normalized spacial score (nSPS) is 11.0. The van der Waals surface area contributed by atoms with Crippen LogP contribution >= 0.6 is 11.3 Å². The number of aromatic nitrogens is 4. The third kappa shape index (κ3) is 3.66. The lowest BCUT2D eigenvalue weighted by molar-refractivity contribution is -0.121. The zero-order valence-electron chi connectivity index (χ0n) is 13.8. The molecule has 0 saturated heterocycles. The summed E-state index contributed by atoms with van der Waals surface area (Å²) in [6.07, 6.45) is 2.33. The Kier molecular flexibility index (Phi) is 4.75. The van der Waals surface area contributed by atoms with Crippen LogP contribution < -0.4 is 5.32 Å². The number of carboxylic acid groups (broad SMARTS) is 1. The van der Waals surface area contributed by atoms with Gasteiger partial charge in [0.15, 0.2) is 0 Å². The second kappa shape index (κ2) is 6.98. The highest BCUT2D eigenvalue weighted by molar-refractivity contribution is 7.13. The number of aryl methyl sites for hydroxylation is 2. The van der Waals surface area contributed by atoms with E-state index in [0.717, 1.165) is 33.2 Å². The molecule has 0 aromatic carbocycles. The van der Waals surface area contributed by atoms with E-state index in [4.69, 9.17) is 5.11 Å². The Labute approximate surface area is 147 Å². The lowest BCUT2D eigenvalue weighted by atomic mass is 10.1. The molecule has 0 aliphatic rings. The molecule has 0 bridgehead atoms. The summed E-state index contributed by atoms with van der Waals surface area (Å²) in [5.74, 6) is -0.498. The topological polar surface area (TPSA) is 109 Å². The van der Waals surface area contributed by atoms with Crippen LogP contribution in [0.15, 0.2) is 18.5 Å². The predicted molar refractivity (Wildman–Crippen MR) is 91.7 cm³/mol. The van der Waals surface area contributed by atoms with Gasteiger partial charge in [-0.1, -0.05) is 0 Å². The summed E-state index contributed by atoms with van der Waals surface area (Å²) in [6, 6.07) is 3.26. The maximum Gasteiger partial charge on any atom is 0.345 e. The van der Waals surface area contributed by atoms with Crippen molar-refractivity contribution in [2.45, 2.75) is 33.2 Å². The number of carbonyl (C=O) groups is 2. The van der Waals surface area contributed by atoms with Crippen LogP contribution in [0.1, 0.15) is 37.9 Å². The SMILES string of the molecule is Cc1nc2ncnn2c(C)c1CCC(=O)NCc1ccc(C(=O)O)s1. The van der Waals surface area contributed by atoms with Crippen LogP contribution in [0, 0.1) is 13.8 Å². The number of hydrogen-bond donors (Lipinski definition) is 2. The lowest BCUT2D eigenvalue weighted by Crippen LogP contribution is -2.23. The van der Waals surface area contributed by atoms with Crippen molar-refractivity contribution in [3.05, 3.63) is 45.2 Å². The van der Waals surface area contributed by atoms with Gasteiger partial charge in [0.2, 0.25) is 5.91 Å². The molecule has 9 heteroatoms. The Morgan fingerprint density at radius 1 is 1.32 bits per heavy atom. The third-order valence-corrected chi connectivity index (χ3v) is 5.00. The number of fused-ring (bicyclic) bond motifs is 1. The van der Waals surface area contributed by atoms with Gasteiger partial charge in [-0.15, -0.1) is 11.3 Å². The first-order valence-electron chi connectivity index (χ1n) is 7.70. The van der Waals surface area contributed by atoms with Crippen molar-refractivity contribution < 1.29 is 14.7 Å². The molecule has 3 rings (SSSR count). The number of thiophene rings is 1. The highest BCUT2D eigenvalue weighted by Crippen LogP contribution is 2.17. The van der Waals surface area contributed by atoms with Gasteiger partial charge in [-0.2, -0.15) is 10.1 Å². The molecule has 2 N–H and O–H groups in total. The largest absolute Gasteiger partial charge is 0.477 e. The average molecular weight is 359 g/mol. The van der Waals surface area contributed by atoms with Gasteiger partial charge in [-0.05, 0) is 38.0 Å². The molecule has 0 atom stereocenters. The fourth-order valence-electron chi connectivity index (χ4n) is 2.62. The summed E-state index contributed by atoms with van der Waals surface area (Å²) < 4.78 is 1.67. The Bertz CT molecular complexity index is 947. The van der Waals surface area contributed by atoms with Gasteiger partial charge in [-0.3, -0.25) is 4.79 Å². The summed E-state index contributed by atoms with van der Waals surface area (Å²) in [4.78, 5) is 32.5. The van der Waals surface area contributed by atoms with E-state index in [2.05, 4.69) is 20.4 Å². The number of carbonyl (C=O) groups excluding carboxylic acids is 1. The van der Waals surface area contributed by atoms with E-state index in [1.165, 1.54) is 6.33 Å². The zero-order chi connectivity index (χ0) is 18.0. The van der Waals surface area contributed by atoms with E-state index in [1.54, 1.807) is 16.6 Å². The molecular weight excluding hydrogens is 342 g/mol. The minimum absolute atomic E-state index is 0.0947. The van der Waals surface area contributed by atoms with Crippen molar-refractivity contribution in [3.63, 3.8) is 0 Å². The monoisotopic (exact) mass is 359 g/mol. The number of nitrogens with one attached hydrogen (secondary N) is 1. The first-order valence-corrected chi connectivity index (χ1v) is 8.52. The van der Waals surface area contributed by atoms with Crippen LogP contribution in [0.4, 0.5) is 0 Å². The summed E-state index contributed by atoms with van der Waals surface area (Å²) in [5.41, 5.74) is 2.75. The van der Waals surface area contributed by atoms with Crippen molar-refractivity contribution >= 4 is 29.0 Å². The molecule has 0 spiro atoms. The number of hydrogen-bond acceptors (Lipinski definition) is 6. The van der Waals surface area contributed by atoms with Crippen molar-refractivity contribution in [2.75, 3.05) is 0 Å². The second-order valence-corrected chi connectivity index (χ2v) is 6.75. The number of nitrogens with zero attached hydrogens (tertiary/aromatic N) is 4. The maximum atomic E-state index is 12.1. The van der Waals surface area contributed by atoms with Crippen molar-refractivity contribution in [1.29, 1.82) is 0 Å². The molecule has 25 heavy (non-hydrogen) atoms. The van der Waals surface area contributed by atoms with E-state index in [-0.39, 0.29) is 10.8 Å². The molecule has 3 aromatic heterocycles. The van der Waals surface area contributed by atoms with Gasteiger partial charge < -0.3 is 10.4 Å². The standard InChI is InChI=1S/C16H17N5O3S/c1-9-12(10(2)21-16(20-9)18-8-19-21)4-6-14(22)17-7-11-3-5-13(25-11)15(23)24/h3,5,8H,4,6-7H2,1-2H3,(H,17,22)(H,23,24). The van der Waals surface area contributed by atoms with E-state index in [0.29, 0.717) is 25.2 Å². The van der Waals surface area contributed by atoms with Crippen LogP contribution in [0.3, 0.4) is 0 Å². The Hall–Kier alpha value is -2.81. The van der Waals surface area contributed by atoms with Gasteiger partial charge in [0.25, 0.3) is 5.78 Å². The highest BCUT2D eigenvalue weighted by atomic mass is 32.1. The molecular formula is C16H17N5O3S. The van der Waals surface area contributed by atoms with Gasteiger partial charge in [0.05, 0.1) is 6.54 Å². The number of amides is 1. The van der Waals surface area contributed by atoms with Crippen LogP contribution in [-0.4, -0.2) is 36.6 Å². The van der Waals surface area contributed by atoms with Crippen molar-refractivity contribution in [1.82, 2.24) is 24.9 Å². The van der Waals surface area contributed by atoms with E-state index in [1.807, 2.05) is 13.8 Å². The minimum Gasteiger partial charge on any atom is -0.477 e.